The highest BCUT2D eigenvalue weighted by molar-refractivity contribution is 5.79. The fourth-order valence-electron chi connectivity index (χ4n) is 2.01. The van der Waals surface area contributed by atoms with Crippen LogP contribution in [-0.4, -0.2) is 52.6 Å². The van der Waals surface area contributed by atoms with Crippen LogP contribution in [0.2, 0.25) is 0 Å². The van der Waals surface area contributed by atoms with E-state index in [0.29, 0.717) is 19.5 Å². The van der Waals surface area contributed by atoms with E-state index in [1.54, 1.807) is 23.8 Å². The number of hydrogen-bond acceptors (Lipinski definition) is 2. The number of carbonyl (C=O) groups is 2. The van der Waals surface area contributed by atoms with E-state index in [9.17, 15) is 9.59 Å². The highest BCUT2D eigenvalue weighted by Crippen LogP contribution is 2.31. The van der Waals surface area contributed by atoms with Crippen molar-refractivity contribution in [3.63, 3.8) is 0 Å². The monoisotopic (exact) mass is 256 g/mol. The second kappa shape index (κ2) is 4.78. The number of carboxylic acids is 1. The third-order valence-corrected chi connectivity index (χ3v) is 4.32. The van der Waals surface area contributed by atoms with Crippen LogP contribution in [0.25, 0.3) is 0 Å². The van der Waals surface area contributed by atoms with Gasteiger partial charge in [0.2, 0.25) is 0 Å². The van der Waals surface area contributed by atoms with Gasteiger partial charge in [-0.15, -0.1) is 0 Å². The first-order chi connectivity index (χ1) is 8.14. The van der Waals surface area contributed by atoms with Gasteiger partial charge < -0.3 is 14.9 Å². The predicted octanol–water partition coefficient (Wildman–Crippen LogP) is 2.02. The van der Waals surface area contributed by atoms with Crippen LogP contribution in [0.4, 0.5) is 4.79 Å². The lowest BCUT2D eigenvalue weighted by Gasteiger charge is -2.37. The molecule has 1 unspecified atom stereocenters. The minimum absolute atomic E-state index is 0.0770. The van der Waals surface area contributed by atoms with Crippen LogP contribution in [0.1, 0.15) is 40.5 Å². The van der Waals surface area contributed by atoms with Gasteiger partial charge in [0.1, 0.15) is 0 Å². The largest absolute Gasteiger partial charge is 0.481 e. The van der Waals surface area contributed by atoms with Gasteiger partial charge in [-0.1, -0.05) is 6.92 Å². The standard InChI is InChI=1S/C13H24N2O3/c1-6-12(2,3)14(5)11(18)15-8-7-13(4,9-15)10(16)17/h6-9H2,1-5H3,(H,16,17). The number of nitrogens with zero attached hydrogens (tertiary/aromatic N) is 2. The first-order valence-corrected chi connectivity index (χ1v) is 6.40. The maximum Gasteiger partial charge on any atom is 0.320 e. The molecule has 0 saturated carbocycles. The van der Waals surface area contributed by atoms with Gasteiger partial charge in [0, 0.05) is 25.7 Å². The van der Waals surface area contributed by atoms with Gasteiger partial charge in [0.05, 0.1) is 5.41 Å². The first-order valence-electron chi connectivity index (χ1n) is 6.40. The highest BCUT2D eigenvalue weighted by atomic mass is 16.4. The number of rotatable bonds is 3. The normalized spacial score (nSPS) is 24.2. The van der Waals surface area contributed by atoms with E-state index in [1.165, 1.54) is 0 Å². The number of carbonyl (C=O) groups excluding carboxylic acids is 1. The van der Waals surface area contributed by atoms with Crippen molar-refractivity contribution in [1.29, 1.82) is 0 Å². The third kappa shape index (κ3) is 2.60. The second-order valence-corrected chi connectivity index (χ2v) is 6.04. The molecule has 5 nitrogen and oxygen atoms in total. The summed E-state index contributed by atoms with van der Waals surface area (Å²) in [7, 11) is 1.78. The Morgan fingerprint density at radius 2 is 2.00 bits per heavy atom. The molecular weight excluding hydrogens is 232 g/mol. The Kier molecular flexibility index (Phi) is 3.93. The topological polar surface area (TPSA) is 60.9 Å². The van der Waals surface area contributed by atoms with Crippen molar-refractivity contribution in [2.24, 2.45) is 5.41 Å². The molecule has 1 aliphatic rings. The molecule has 0 aromatic rings. The lowest BCUT2D eigenvalue weighted by molar-refractivity contribution is -0.147. The molecule has 1 N–H and O–H groups in total. The summed E-state index contributed by atoms with van der Waals surface area (Å²) in [5.41, 5.74) is -1.01. The van der Waals surface area contributed by atoms with Crippen LogP contribution in [0, 0.1) is 5.41 Å². The van der Waals surface area contributed by atoms with Crippen LogP contribution in [0.15, 0.2) is 0 Å². The third-order valence-electron chi connectivity index (χ3n) is 4.32. The minimum Gasteiger partial charge on any atom is -0.481 e. The summed E-state index contributed by atoms with van der Waals surface area (Å²) in [4.78, 5) is 26.8. The van der Waals surface area contributed by atoms with Crippen molar-refractivity contribution < 1.29 is 14.7 Å². The Morgan fingerprint density at radius 1 is 1.44 bits per heavy atom. The average molecular weight is 256 g/mol. The smallest absolute Gasteiger partial charge is 0.320 e. The molecule has 5 heteroatoms. The second-order valence-electron chi connectivity index (χ2n) is 6.04. The Balaban J connectivity index is 2.74. The van der Waals surface area contributed by atoms with Crippen molar-refractivity contribution in [2.45, 2.75) is 46.1 Å². The van der Waals surface area contributed by atoms with E-state index in [1.807, 2.05) is 20.8 Å². The number of aliphatic carboxylic acids is 1. The molecule has 1 atom stereocenters. The number of amides is 2. The van der Waals surface area contributed by atoms with Gasteiger partial charge in [0.15, 0.2) is 0 Å². The lowest BCUT2D eigenvalue weighted by atomic mass is 9.90. The van der Waals surface area contributed by atoms with E-state index < -0.39 is 11.4 Å². The molecule has 2 amide bonds. The molecule has 0 aliphatic carbocycles. The zero-order valence-corrected chi connectivity index (χ0v) is 12.0. The minimum atomic E-state index is -0.824. The quantitative estimate of drug-likeness (QED) is 0.840. The molecular formula is C13H24N2O3. The Labute approximate surface area is 109 Å². The zero-order chi connectivity index (χ0) is 14.1. The summed E-state index contributed by atoms with van der Waals surface area (Å²) in [5.74, 6) is -0.824. The van der Waals surface area contributed by atoms with E-state index >= 15 is 0 Å². The molecule has 1 heterocycles. The Morgan fingerprint density at radius 3 is 2.39 bits per heavy atom. The summed E-state index contributed by atoms with van der Waals surface area (Å²) in [6, 6.07) is -0.0770. The molecule has 1 rings (SSSR count). The van der Waals surface area contributed by atoms with Crippen molar-refractivity contribution in [2.75, 3.05) is 20.1 Å². The number of carboxylic acid groups (broad SMARTS) is 1. The molecule has 1 fully saturated rings. The highest BCUT2D eigenvalue weighted by Gasteiger charge is 2.43. The SMILES string of the molecule is CCC(C)(C)N(C)C(=O)N1CCC(C)(C(=O)O)C1. The molecule has 18 heavy (non-hydrogen) atoms. The van der Waals surface area contributed by atoms with E-state index in [4.69, 9.17) is 5.11 Å². The Hall–Kier alpha value is -1.26. The van der Waals surface area contributed by atoms with Crippen molar-refractivity contribution in [3.05, 3.63) is 0 Å². The summed E-state index contributed by atoms with van der Waals surface area (Å²) in [6.45, 7) is 8.58. The van der Waals surface area contributed by atoms with Crippen molar-refractivity contribution in [3.8, 4) is 0 Å². The Bertz CT molecular complexity index is 354. The van der Waals surface area contributed by atoms with E-state index in [0.717, 1.165) is 6.42 Å². The van der Waals surface area contributed by atoms with Gasteiger partial charge in [-0.3, -0.25) is 4.79 Å². The van der Waals surface area contributed by atoms with Gasteiger partial charge in [0.25, 0.3) is 0 Å². The zero-order valence-electron chi connectivity index (χ0n) is 12.0. The number of likely N-dealkylation sites (tertiary alicyclic amines) is 1. The summed E-state index contributed by atoms with van der Waals surface area (Å²) in [6.07, 6.45) is 1.38. The van der Waals surface area contributed by atoms with Crippen LogP contribution in [-0.2, 0) is 4.79 Å². The van der Waals surface area contributed by atoms with Gasteiger partial charge in [-0.2, -0.15) is 0 Å². The summed E-state index contributed by atoms with van der Waals surface area (Å²) >= 11 is 0. The molecule has 104 valence electrons. The summed E-state index contributed by atoms with van der Waals surface area (Å²) < 4.78 is 0. The van der Waals surface area contributed by atoms with Crippen molar-refractivity contribution >= 4 is 12.0 Å². The van der Waals surface area contributed by atoms with Crippen molar-refractivity contribution in [1.82, 2.24) is 9.80 Å². The van der Waals surface area contributed by atoms with E-state index in [-0.39, 0.29) is 11.6 Å². The molecule has 1 saturated heterocycles. The number of urea groups is 1. The molecule has 0 spiro atoms. The molecule has 0 bridgehead atoms. The summed E-state index contributed by atoms with van der Waals surface area (Å²) in [5, 5.41) is 9.17. The maximum atomic E-state index is 12.3. The molecule has 0 aromatic heterocycles. The van der Waals surface area contributed by atoms with Crippen LogP contribution in [0.5, 0.6) is 0 Å². The van der Waals surface area contributed by atoms with Crippen LogP contribution in [0.3, 0.4) is 0 Å². The molecule has 1 aliphatic heterocycles. The lowest BCUT2D eigenvalue weighted by Crippen LogP contribution is -2.50. The predicted molar refractivity (Wildman–Crippen MR) is 69.5 cm³/mol. The maximum absolute atomic E-state index is 12.3. The number of hydrogen-bond donors (Lipinski definition) is 1. The fourth-order valence-corrected chi connectivity index (χ4v) is 2.01. The van der Waals surface area contributed by atoms with Gasteiger partial charge in [-0.05, 0) is 33.6 Å². The van der Waals surface area contributed by atoms with Gasteiger partial charge in [-0.25, -0.2) is 4.79 Å². The molecule has 0 radical (unpaired) electrons. The molecule has 0 aromatic carbocycles. The van der Waals surface area contributed by atoms with Gasteiger partial charge >= 0.3 is 12.0 Å². The van der Waals surface area contributed by atoms with E-state index in [2.05, 4.69) is 0 Å². The van der Waals surface area contributed by atoms with Crippen LogP contribution < -0.4 is 0 Å². The average Bonchev–Trinajstić information content (AvgIpc) is 2.71. The fraction of sp³-hybridized carbons (Fsp3) is 0.846. The van der Waals surface area contributed by atoms with Crippen LogP contribution >= 0.6 is 0 Å². The first kappa shape index (κ1) is 14.8.